The minimum atomic E-state index is 0.129. The van der Waals surface area contributed by atoms with Crippen LogP contribution in [0.5, 0.6) is 0 Å². The Bertz CT molecular complexity index is 370. The van der Waals surface area contributed by atoms with E-state index >= 15 is 0 Å². The maximum atomic E-state index is 11.3. The van der Waals surface area contributed by atoms with Crippen LogP contribution in [0.1, 0.15) is 22.8 Å². The Labute approximate surface area is 96.0 Å². The highest BCUT2D eigenvalue weighted by atomic mass is 16.5. The van der Waals surface area contributed by atoms with Crippen molar-refractivity contribution in [1.82, 2.24) is 4.90 Å². The average Bonchev–Trinajstić information content (AvgIpc) is 2.30. The third-order valence-electron chi connectivity index (χ3n) is 2.84. The van der Waals surface area contributed by atoms with Crippen LogP contribution in [0.3, 0.4) is 0 Å². The standard InChI is InChI=1S/C13H17NO2/c1-11(15)13-4-2-3-12(9-13)10-14-5-7-16-8-6-14/h2-4,9H,5-8,10H2,1H3. The van der Waals surface area contributed by atoms with Gasteiger partial charge in [-0.15, -0.1) is 0 Å². The highest BCUT2D eigenvalue weighted by molar-refractivity contribution is 5.94. The normalized spacial score (nSPS) is 17.3. The fourth-order valence-corrected chi connectivity index (χ4v) is 1.91. The number of ether oxygens (including phenoxy) is 1. The van der Waals surface area contributed by atoms with Crippen molar-refractivity contribution < 1.29 is 9.53 Å². The minimum Gasteiger partial charge on any atom is -0.379 e. The Balaban J connectivity index is 2.02. The van der Waals surface area contributed by atoms with Crippen molar-refractivity contribution in [1.29, 1.82) is 0 Å². The second kappa shape index (κ2) is 5.23. The van der Waals surface area contributed by atoms with Crippen LogP contribution in [-0.4, -0.2) is 37.0 Å². The highest BCUT2D eigenvalue weighted by Crippen LogP contribution is 2.10. The molecule has 0 amide bonds. The molecule has 16 heavy (non-hydrogen) atoms. The van der Waals surface area contributed by atoms with Crippen LogP contribution in [0.25, 0.3) is 0 Å². The SMILES string of the molecule is CC(=O)c1cccc(CN2CCOCC2)c1. The lowest BCUT2D eigenvalue weighted by molar-refractivity contribution is 0.0342. The monoisotopic (exact) mass is 219 g/mol. The van der Waals surface area contributed by atoms with Gasteiger partial charge in [0.25, 0.3) is 0 Å². The van der Waals surface area contributed by atoms with Crippen LogP contribution in [-0.2, 0) is 11.3 Å². The predicted molar refractivity (Wildman–Crippen MR) is 62.5 cm³/mol. The molecule has 86 valence electrons. The lowest BCUT2D eigenvalue weighted by Gasteiger charge is -2.26. The first-order valence-corrected chi connectivity index (χ1v) is 5.66. The van der Waals surface area contributed by atoms with E-state index in [4.69, 9.17) is 4.74 Å². The fraction of sp³-hybridized carbons (Fsp3) is 0.462. The summed E-state index contributed by atoms with van der Waals surface area (Å²) < 4.78 is 5.30. The van der Waals surface area contributed by atoms with Gasteiger partial charge in [0.05, 0.1) is 13.2 Å². The molecule has 0 N–H and O–H groups in total. The van der Waals surface area contributed by atoms with Gasteiger partial charge in [0.15, 0.2) is 5.78 Å². The number of hydrogen-bond acceptors (Lipinski definition) is 3. The summed E-state index contributed by atoms with van der Waals surface area (Å²) >= 11 is 0. The van der Waals surface area contributed by atoms with Gasteiger partial charge in [-0.2, -0.15) is 0 Å². The molecule has 0 aromatic heterocycles. The molecule has 0 bridgehead atoms. The fourth-order valence-electron chi connectivity index (χ4n) is 1.91. The van der Waals surface area contributed by atoms with Crippen molar-refractivity contribution in [2.75, 3.05) is 26.3 Å². The molecule has 0 aliphatic carbocycles. The second-order valence-electron chi connectivity index (χ2n) is 4.15. The number of rotatable bonds is 3. The first kappa shape index (κ1) is 11.3. The number of hydrogen-bond donors (Lipinski definition) is 0. The molecule has 1 aliphatic heterocycles. The van der Waals surface area contributed by atoms with Gasteiger partial charge < -0.3 is 4.74 Å². The van der Waals surface area contributed by atoms with E-state index in [1.165, 1.54) is 5.56 Å². The van der Waals surface area contributed by atoms with E-state index in [2.05, 4.69) is 11.0 Å². The molecule has 0 atom stereocenters. The van der Waals surface area contributed by atoms with E-state index in [0.29, 0.717) is 0 Å². The summed E-state index contributed by atoms with van der Waals surface area (Å²) in [6.07, 6.45) is 0. The van der Waals surface area contributed by atoms with Crippen molar-refractivity contribution in [2.24, 2.45) is 0 Å². The van der Waals surface area contributed by atoms with Crippen molar-refractivity contribution in [2.45, 2.75) is 13.5 Å². The average molecular weight is 219 g/mol. The molecule has 0 spiro atoms. The quantitative estimate of drug-likeness (QED) is 0.725. The molecule has 1 heterocycles. The second-order valence-corrected chi connectivity index (χ2v) is 4.15. The van der Waals surface area contributed by atoms with Gasteiger partial charge in [-0.1, -0.05) is 18.2 Å². The lowest BCUT2D eigenvalue weighted by Crippen LogP contribution is -2.35. The van der Waals surface area contributed by atoms with Crippen LogP contribution in [0, 0.1) is 0 Å². The summed E-state index contributed by atoms with van der Waals surface area (Å²) in [5, 5.41) is 0. The zero-order valence-corrected chi connectivity index (χ0v) is 9.61. The molecule has 0 saturated carbocycles. The molecule has 1 aliphatic rings. The Morgan fingerprint density at radius 3 is 2.81 bits per heavy atom. The molecule has 1 saturated heterocycles. The Morgan fingerprint density at radius 1 is 1.38 bits per heavy atom. The molecule has 3 nitrogen and oxygen atoms in total. The van der Waals surface area contributed by atoms with Gasteiger partial charge in [0, 0.05) is 25.2 Å². The molecule has 1 fully saturated rings. The van der Waals surface area contributed by atoms with E-state index in [-0.39, 0.29) is 5.78 Å². The van der Waals surface area contributed by atoms with Gasteiger partial charge >= 0.3 is 0 Å². The van der Waals surface area contributed by atoms with Gasteiger partial charge in [0.2, 0.25) is 0 Å². The van der Waals surface area contributed by atoms with Crippen LogP contribution < -0.4 is 0 Å². The van der Waals surface area contributed by atoms with E-state index in [9.17, 15) is 4.79 Å². The van der Waals surface area contributed by atoms with E-state index in [0.717, 1.165) is 38.4 Å². The number of carbonyl (C=O) groups is 1. The minimum absolute atomic E-state index is 0.129. The third kappa shape index (κ3) is 2.90. The van der Waals surface area contributed by atoms with E-state index < -0.39 is 0 Å². The summed E-state index contributed by atoms with van der Waals surface area (Å²) in [7, 11) is 0. The summed E-state index contributed by atoms with van der Waals surface area (Å²) in [5.74, 6) is 0.129. The Kier molecular flexibility index (Phi) is 3.70. The zero-order chi connectivity index (χ0) is 11.4. The first-order valence-electron chi connectivity index (χ1n) is 5.66. The van der Waals surface area contributed by atoms with E-state index in [1.807, 2.05) is 18.2 Å². The van der Waals surface area contributed by atoms with E-state index in [1.54, 1.807) is 6.92 Å². The Hall–Kier alpha value is -1.19. The number of morpholine rings is 1. The van der Waals surface area contributed by atoms with Crippen molar-refractivity contribution >= 4 is 5.78 Å². The van der Waals surface area contributed by atoms with Gasteiger partial charge in [-0.05, 0) is 18.6 Å². The topological polar surface area (TPSA) is 29.5 Å². The highest BCUT2D eigenvalue weighted by Gasteiger charge is 2.11. The molecule has 0 unspecified atom stereocenters. The van der Waals surface area contributed by atoms with Crippen molar-refractivity contribution in [3.63, 3.8) is 0 Å². The van der Waals surface area contributed by atoms with Crippen molar-refractivity contribution in [3.8, 4) is 0 Å². The molecular formula is C13H17NO2. The maximum Gasteiger partial charge on any atom is 0.159 e. The predicted octanol–water partition coefficient (Wildman–Crippen LogP) is 1.72. The summed E-state index contributed by atoms with van der Waals surface area (Å²) in [5.41, 5.74) is 2.00. The molecule has 1 aromatic rings. The smallest absolute Gasteiger partial charge is 0.159 e. The zero-order valence-electron chi connectivity index (χ0n) is 9.61. The molecule has 0 radical (unpaired) electrons. The molecule has 1 aromatic carbocycles. The van der Waals surface area contributed by atoms with Crippen LogP contribution in [0.2, 0.25) is 0 Å². The largest absolute Gasteiger partial charge is 0.379 e. The first-order chi connectivity index (χ1) is 7.75. The summed E-state index contributed by atoms with van der Waals surface area (Å²) in [6, 6.07) is 7.87. The summed E-state index contributed by atoms with van der Waals surface area (Å²) in [4.78, 5) is 13.6. The number of benzene rings is 1. The van der Waals surface area contributed by atoms with Gasteiger partial charge in [-0.25, -0.2) is 0 Å². The molecule has 3 heteroatoms. The number of nitrogens with zero attached hydrogens (tertiary/aromatic N) is 1. The number of Topliss-reactive ketones (excluding diaryl/α,β-unsaturated/α-hetero) is 1. The van der Waals surface area contributed by atoms with Gasteiger partial charge in [0.1, 0.15) is 0 Å². The maximum absolute atomic E-state index is 11.3. The third-order valence-corrected chi connectivity index (χ3v) is 2.84. The van der Waals surface area contributed by atoms with Crippen LogP contribution in [0.15, 0.2) is 24.3 Å². The van der Waals surface area contributed by atoms with Crippen molar-refractivity contribution in [3.05, 3.63) is 35.4 Å². The number of ketones is 1. The Morgan fingerprint density at radius 2 is 2.12 bits per heavy atom. The summed E-state index contributed by atoms with van der Waals surface area (Å²) in [6.45, 7) is 6.09. The molecular weight excluding hydrogens is 202 g/mol. The van der Waals surface area contributed by atoms with Crippen LogP contribution in [0.4, 0.5) is 0 Å². The van der Waals surface area contributed by atoms with Gasteiger partial charge in [-0.3, -0.25) is 9.69 Å². The molecule has 2 rings (SSSR count). The van der Waals surface area contributed by atoms with Crippen LogP contribution >= 0.6 is 0 Å². The number of carbonyl (C=O) groups excluding carboxylic acids is 1. The lowest BCUT2D eigenvalue weighted by atomic mass is 10.1.